The SMILES string of the molecule is O=C(COc1ccc(Cl)cc1)Nc1ccc2nn(-c3ccccc3)nc2c1. The highest BCUT2D eigenvalue weighted by Gasteiger charge is 2.08. The Bertz CT molecular complexity index is 1080. The minimum atomic E-state index is -0.264. The number of ether oxygens (including phenoxy) is 1. The van der Waals surface area contributed by atoms with Gasteiger partial charge in [-0.2, -0.15) is 4.80 Å². The first-order chi connectivity index (χ1) is 13.2. The number of nitrogens with one attached hydrogen (secondary N) is 1. The Hall–Kier alpha value is -3.38. The summed E-state index contributed by atoms with van der Waals surface area (Å²) in [6, 6.07) is 21.9. The minimum absolute atomic E-state index is 0.101. The molecule has 0 fully saturated rings. The van der Waals surface area contributed by atoms with E-state index >= 15 is 0 Å². The van der Waals surface area contributed by atoms with Crippen molar-refractivity contribution >= 4 is 34.2 Å². The molecule has 1 heterocycles. The summed E-state index contributed by atoms with van der Waals surface area (Å²) in [6.07, 6.45) is 0. The van der Waals surface area contributed by atoms with Crippen LogP contribution in [0.2, 0.25) is 5.02 Å². The summed E-state index contributed by atoms with van der Waals surface area (Å²) in [7, 11) is 0. The van der Waals surface area contributed by atoms with E-state index in [1.807, 2.05) is 36.4 Å². The highest BCUT2D eigenvalue weighted by Crippen LogP contribution is 2.18. The van der Waals surface area contributed by atoms with Crippen molar-refractivity contribution in [2.75, 3.05) is 11.9 Å². The zero-order valence-corrected chi connectivity index (χ0v) is 14.9. The second-order valence-corrected chi connectivity index (χ2v) is 6.26. The molecule has 0 saturated carbocycles. The highest BCUT2D eigenvalue weighted by atomic mass is 35.5. The molecule has 27 heavy (non-hydrogen) atoms. The van der Waals surface area contributed by atoms with Gasteiger partial charge in [0.25, 0.3) is 5.91 Å². The van der Waals surface area contributed by atoms with Crippen LogP contribution in [0.3, 0.4) is 0 Å². The van der Waals surface area contributed by atoms with E-state index < -0.39 is 0 Å². The summed E-state index contributed by atoms with van der Waals surface area (Å²) in [5.41, 5.74) is 2.94. The molecule has 0 unspecified atom stereocenters. The second-order valence-electron chi connectivity index (χ2n) is 5.82. The van der Waals surface area contributed by atoms with E-state index in [9.17, 15) is 4.79 Å². The van der Waals surface area contributed by atoms with Crippen LogP contribution in [0.4, 0.5) is 5.69 Å². The molecule has 6 nitrogen and oxygen atoms in total. The van der Waals surface area contributed by atoms with Crippen molar-refractivity contribution < 1.29 is 9.53 Å². The number of carbonyl (C=O) groups excluding carboxylic acids is 1. The maximum absolute atomic E-state index is 12.1. The molecule has 0 saturated heterocycles. The Morgan fingerprint density at radius 3 is 2.48 bits per heavy atom. The quantitative estimate of drug-likeness (QED) is 0.568. The third kappa shape index (κ3) is 4.07. The lowest BCUT2D eigenvalue weighted by molar-refractivity contribution is -0.118. The number of para-hydroxylation sites is 1. The number of carbonyl (C=O) groups is 1. The predicted octanol–water partition coefficient (Wildman–Crippen LogP) is 4.09. The molecule has 1 amide bonds. The number of amides is 1. The lowest BCUT2D eigenvalue weighted by atomic mass is 10.3. The van der Waals surface area contributed by atoms with Gasteiger partial charge in [-0.05, 0) is 54.6 Å². The van der Waals surface area contributed by atoms with Gasteiger partial charge in [-0.25, -0.2) is 0 Å². The number of halogens is 1. The van der Waals surface area contributed by atoms with Gasteiger partial charge in [-0.15, -0.1) is 10.2 Å². The van der Waals surface area contributed by atoms with Crippen LogP contribution in [-0.4, -0.2) is 27.5 Å². The number of rotatable bonds is 5. The maximum atomic E-state index is 12.1. The number of anilines is 1. The second kappa shape index (κ2) is 7.47. The summed E-state index contributed by atoms with van der Waals surface area (Å²) < 4.78 is 5.44. The molecule has 0 spiro atoms. The van der Waals surface area contributed by atoms with Gasteiger partial charge in [-0.1, -0.05) is 29.8 Å². The van der Waals surface area contributed by atoms with Crippen LogP contribution in [0.5, 0.6) is 5.75 Å². The third-order valence-electron chi connectivity index (χ3n) is 3.83. The molecule has 0 radical (unpaired) electrons. The maximum Gasteiger partial charge on any atom is 0.262 e. The van der Waals surface area contributed by atoms with Crippen LogP contribution < -0.4 is 10.1 Å². The summed E-state index contributed by atoms with van der Waals surface area (Å²) in [6.45, 7) is -0.101. The average Bonchev–Trinajstić information content (AvgIpc) is 3.12. The largest absolute Gasteiger partial charge is 0.484 e. The molecule has 7 heteroatoms. The fourth-order valence-electron chi connectivity index (χ4n) is 2.55. The van der Waals surface area contributed by atoms with E-state index in [0.717, 1.165) is 11.2 Å². The molecule has 4 rings (SSSR count). The van der Waals surface area contributed by atoms with Gasteiger partial charge in [0.2, 0.25) is 0 Å². The van der Waals surface area contributed by atoms with E-state index in [-0.39, 0.29) is 12.5 Å². The monoisotopic (exact) mass is 378 g/mol. The Morgan fingerprint density at radius 1 is 0.963 bits per heavy atom. The van der Waals surface area contributed by atoms with Gasteiger partial charge < -0.3 is 10.1 Å². The summed E-state index contributed by atoms with van der Waals surface area (Å²) in [4.78, 5) is 13.7. The van der Waals surface area contributed by atoms with Crippen LogP contribution in [0.25, 0.3) is 16.7 Å². The predicted molar refractivity (Wildman–Crippen MR) is 104 cm³/mol. The van der Waals surface area contributed by atoms with Gasteiger partial charge in [0.1, 0.15) is 16.8 Å². The summed E-state index contributed by atoms with van der Waals surface area (Å²) >= 11 is 5.82. The lowest BCUT2D eigenvalue weighted by Crippen LogP contribution is -2.20. The van der Waals surface area contributed by atoms with Gasteiger partial charge in [-0.3, -0.25) is 4.79 Å². The van der Waals surface area contributed by atoms with Gasteiger partial charge >= 0.3 is 0 Å². The normalized spacial score (nSPS) is 10.7. The van der Waals surface area contributed by atoms with Gasteiger partial charge in [0, 0.05) is 10.7 Å². The molecule has 0 bridgehead atoms. The smallest absolute Gasteiger partial charge is 0.262 e. The van der Waals surface area contributed by atoms with E-state index in [1.165, 1.54) is 0 Å². The fourth-order valence-corrected chi connectivity index (χ4v) is 2.67. The first-order valence-electron chi connectivity index (χ1n) is 8.28. The Balaban J connectivity index is 1.44. The van der Waals surface area contributed by atoms with Crippen molar-refractivity contribution in [3.63, 3.8) is 0 Å². The van der Waals surface area contributed by atoms with Crippen molar-refractivity contribution in [3.05, 3.63) is 77.8 Å². The Kier molecular flexibility index (Phi) is 4.72. The first-order valence-corrected chi connectivity index (χ1v) is 8.66. The molecule has 1 N–H and O–H groups in total. The Morgan fingerprint density at radius 2 is 1.70 bits per heavy atom. The number of hydrogen-bond acceptors (Lipinski definition) is 4. The summed E-state index contributed by atoms with van der Waals surface area (Å²) in [5, 5.41) is 12.3. The topological polar surface area (TPSA) is 69.0 Å². The molecule has 1 aromatic heterocycles. The van der Waals surface area contributed by atoms with E-state index in [1.54, 1.807) is 41.2 Å². The van der Waals surface area contributed by atoms with Gasteiger partial charge in [0.15, 0.2) is 6.61 Å². The van der Waals surface area contributed by atoms with Crippen LogP contribution in [0.15, 0.2) is 72.8 Å². The number of nitrogens with zero attached hydrogens (tertiary/aromatic N) is 3. The number of benzene rings is 3. The standard InChI is InChI=1S/C20H15ClN4O2/c21-14-6-9-17(10-7-14)27-13-20(26)22-15-8-11-18-19(12-15)24-25(23-18)16-4-2-1-3-5-16/h1-12H,13H2,(H,22,26). The lowest BCUT2D eigenvalue weighted by Gasteiger charge is -2.07. The number of fused-ring (bicyclic) bond motifs is 1. The zero-order chi connectivity index (χ0) is 18.6. The van der Waals surface area contributed by atoms with Gasteiger partial charge in [0.05, 0.1) is 5.69 Å². The number of hydrogen-bond donors (Lipinski definition) is 1. The van der Waals surface area contributed by atoms with Crippen LogP contribution in [-0.2, 0) is 4.79 Å². The minimum Gasteiger partial charge on any atom is -0.484 e. The molecule has 4 aromatic rings. The zero-order valence-electron chi connectivity index (χ0n) is 14.2. The summed E-state index contributed by atoms with van der Waals surface area (Å²) in [5.74, 6) is 0.315. The van der Waals surface area contributed by atoms with E-state index in [4.69, 9.17) is 16.3 Å². The molecule has 3 aromatic carbocycles. The third-order valence-corrected chi connectivity index (χ3v) is 4.09. The molecular weight excluding hydrogens is 364 g/mol. The van der Waals surface area contributed by atoms with Crippen LogP contribution >= 0.6 is 11.6 Å². The van der Waals surface area contributed by atoms with Crippen molar-refractivity contribution in [2.24, 2.45) is 0 Å². The van der Waals surface area contributed by atoms with Crippen molar-refractivity contribution in [1.29, 1.82) is 0 Å². The molecule has 0 atom stereocenters. The van der Waals surface area contributed by atoms with Crippen molar-refractivity contribution in [2.45, 2.75) is 0 Å². The molecule has 134 valence electrons. The fraction of sp³-hybridized carbons (Fsp3) is 0.0500. The molecule has 0 aliphatic rings. The first kappa shape index (κ1) is 17.1. The molecule has 0 aliphatic heterocycles. The molecular formula is C20H15ClN4O2. The number of aromatic nitrogens is 3. The average molecular weight is 379 g/mol. The van der Waals surface area contributed by atoms with Crippen LogP contribution in [0.1, 0.15) is 0 Å². The van der Waals surface area contributed by atoms with Crippen molar-refractivity contribution in [3.8, 4) is 11.4 Å². The Labute approximate surface area is 160 Å². The van der Waals surface area contributed by atoms with E-state index in [0.29, 0.717) is 22.0 Å². The van der Waals surface area contributed by atoms with Crippen LogP contribution in [0, 0.1) is 0 Å². The molecule has 0 aliphatic carbocycles. The highest BCUT2D eigenvalue weighted by molar-refractivity contribution is 6.30. The van der Waals surface area contributed by atoms with Crippen molar-refractivity contribution in [1.82, 2.24) is 15.0 Å². The van der Waals surface area contributed by atoms with E-state index in [2.05, 4.69) is 15.5 Å².